The SMILES string of the molecule is CCN(CC)Cc1ccc(COC(=O)c2c(OC)cccc2OC)cc1. The molecular weight excluding hydrogens is 330 g/mol. The quantitative estimate of drug-likeness (QED) is 0.637. The Morgan fingerprint density at radius 3 is 1.92 bits per heavy atom. The minimum atomic E-state index is -0.466. The van der Waals surface area contributed by atoms with Crippen molar-refractivity contribution in [1.82, 2.24) is 4.90 Å². The molecule has 0 aromatic heterocycles. The van der Waals surface area contributed by atoms with Gasteiger partial charge in [0.25, 0.3) is 0 Å². The summed E-state index contributed by atoms with van der Waals surface area (Å²) < 4.78 is 16.0. The first-order valence-corrected chi connectivity index (χ1v) is 8.81. The molecule has 0 aliphatic rings. The predicted molar refractivity (Wildman–Crippen MR) is 102 cm³/mol. The number of nitrogens with zero attached hydrogens (tertiary/aromatic N) is 1. The van der Waals surface area contributed by atoms with E-state index in [0.717, 1.165) is 25.2 Å². The van der Waals surface area contributed by atoms with Crippen LogP contribution in [0.1, 0.15) is 35.3 Å². The van der Waals surface area contributed by atoms with Gasteiger partial charge in [0.05, 0.1) is 14.2 Å². The van der Waals surface area contributed by atoms with Gasteiger partial charge in [0.15, 0.2) is 0 Å². The zero-order chi connectivity index (χ0) is 18.9. The average Bonchev–Trinajstić information content (AvgIpc) is 2.70. The third-order valence-electron chi connectivity index (χ3n) is 4.33. The second-order valence-electron chi connectivity index (χ2n) is 5.89. The highest BCUT2D eigenvalue weighted by Gasteiger charge is 2.19. The van der Waals surface area contributed by atoms with Gasteiger partial charge >= 0.3 is 5.97 Å². The first-order valence-electron chi connectivity index (χ1n) is 8.81. The van der Waals surface area contributed by atoms with E-state index in [9.17, 15) is 4.79 Å². The van der Waals surface area contributed by atoms with Crippen molar-refractivity contribution in [3.05, 3.63) is 59.2 Å². The van der Waals surface area contributed by atoms with E-state index in [-0.39, 0.29) is 6.61 Å². The molecule has 0 amide bonds. The largest absolute Gasteiger partial charge is 0.496 e. The van der Waals surface area contributed by atoms with E-state index < -0.39 is 5.97 Å². The van der Waals surface area contributed by atoms with Gasteiger partial charge in [0.1, 0.15) is 23.7 Å². The summed E-state index contributed by atoms with van der Waals surface area (Å²) in [4.78, 5) is 14.8. The van der Waals surface area contributed by atoms with Gasteiger partial charge in [-0.25, -0.2) is 4.79 Å². The van der Waals surface area contributed by atoms with Gasteiger partial charge in [0.2, 0.25) is 0 Å². The lowest BCUT2D eigenvalue weighted by Gasteiger charge is -2.18. The molecule has 0 atom stereocenters. The molecule has 0 saturated heterocycles. The van der Waals surface area contributed by atoms with Crippen LogP contribution in [-0.4, -0.2) is 38.2 Å². The van der Waals surface area contributed by atoms with Crippen molar-refractivity contribution >= 4 is 5.97 Å². The van der Waals surface area contributed by atoms with Crippen LogP contribution in [0.15, 0.2) is 42.5 Å². The summed E-state index contributed by atoms with van der Waals surface area (Å²) in [7, 11) is 3.03. The summed E-state index contributed by atoms with van der Waals surface area (Å²) in [5, 5.41) is 0. The molecule has 0 radical (unpaired) electrons. The molecule has 0 N–H and O–H groups in total. The molecule has 2 rings (SSSR count). The Morgan fingerprint density at radius 1 is 0.885 bits per heavy atom. The van der Waals surface area contributed by atoms with Crippen LogP contribution in [0.25, 0.3) is 0 Å². The molecule has 0 saturated carbocycles. The minimum absolute atomic E-state index is 0.200. The van der Waals surface area contributed by atoms with Crippen molar-refractivity contribution in [2.75, 3.05) is 27.3 Å². The molecule has 0 spiro atoms. The van der Waals surface area contributed by atoms with E-state index in [2.05, 4.69) is 30.9 Å². The maximum absolute atomic E-state index is 12.5. The highest BCUT2D eigenvalue weighted by Crippen LogP contribution is 2.29. The maximum Gasteiger partial charge on any atom is 0.346 e. The third kappa shape index (κ3) is 4.99. The molecule has 5 heteroatoms. The molecule has 0 aliphatic carbocycles. The van der Waals surface area contributed by atoms with Crippen LogP contribution in [0.5, 0.6) is 11.5 Å². The fourth-order valence-electron chi connectivity index (χ4n) is 2.72. The lowest BCUT2D eigenvalue weighted by Crippen LogP contribution is -2.22. The summed E-state index contributed by atoms with van der Waals surface area (Å²) in [6, 6.07) is 13.3. The molecule has 5 nitrogen and oxygen atoms in total. The second kappa shape index (κ2) is 9.82. The van der Waals surface area contributed by atoms with Crippen LogP contribution in [0, 0.1) is 0 Å². The molecule has 140 valence electrons. The number of hydrogen-bond donors (Lipinski definition) is 0. The summed E-state index contributed by atoms with van der Waals surface area (Å²) in [5.74, 6) is 0.402. The highest BCUT2D eigenvalue weighted by molar-refractivity contribution is 5.95. The maximum atomic E-state index is 12.5. The normalized spacial score (nSPS) is 10.7. The van der Waals surface area contributed by atoms with Crippen molar-refractivity contribution < 1.29 is 19.0 Å². The molecule has 0 bridgehead atoms. The summed E-state index contributed by atoms with van der Waals surface area (Å²) >= 11 is 0. The molecule has 2 aromatic rings. The minimum Gasteiger partial charge on any atom is -0.496 e. The van der Waals surface area contributed by atoms with Gasteiger partial charge in [0, 0.05) is 6.54 Å². The lowest BCUT2D eigenvalue weighted by atomic mass is 10.1. The molecule has 0 unspecified atom stereocenters. The number of benzene rings is 2. The lowest BCUT2D eigenvalue weighted by molar-refractivity contribution is 0.0465. The monoisotopic (exact) mass is 357 g/mol. The van der Waals surface area contributed by atoms with Crippen molar-refractivity contribution in [3.8, 4) is 11.5 Å². The molecule has 0 fully saturated rings. The zero-order valence-corrected chi connectivity index (χ0v) is 16.0. The van der Waals surface area contributed by atoms with Crippen LogP contribution in [-0.2, 0) is 17.9 Å². The van der Waals surface area contributed by atoms with Crippen molar-refractivity contribution in [1.29, 1.82) is 0 Å². The van der Waals surface area contributed by atoms with Crippen LogP contribution in [0.4, 0.5) is 0 Å². The number of hydrogen-bond acceptors (Lipinski definition) is 5. The smallest absolute Gasteiger partial charge is 0.346 e. The van der Waals surface area contributed by atoms with Crippen molar-refractivity contribution in [3.63, 3.8) is 0 Å². The molecule has 2 aromatic carbocycles. The van der Waals surface area contributed by atoms with E-state index in [1.165, 1.54) is 19.8 Å². The van der Waals surface area contributed by atoms with Crippen molar-refractivity contribution in [2.24, 2.45) is 0 Å². The van der Waals surface area contributed by atoms with E-state index in [1.54, 1.807) is 18.2 Å². The van der Waals surface area contributed by atoms with Crippen LogP contribution >= 0.6 is 0 Å². The van der Waals surface area contributed by atoms with Crippen molar-refractivity contribution in [2.45, 2.75) is 27.0 Å². The van der Waals surface area contributed by atoms with Gasteiger partial charge in [-0.15, -0.1) is 0 Å². The van der Waals surface area contributed by atoms with E-state index >= 15 is 0 Å². The molecule has 0 aliphatic heterocycles. The zero-order valence-electron chi connectivity index (χ0n) is 16.0. The Balaban J connectivity index is 2.02. The Kier molecular flexibility index (Phi) is 7.48. The van der Waals surface area contributed by atoms with Crippen LogP contribution in [0.2, 0.25) is 0 Å². The number of carbonyl (C=O) groups excluding carboxylic acids is 1. The first kappa shape index (κ1) is 19.8. The number of esters is 1. The predicted octanol–water partition coefficient (Wildman–Crippen LogP) is 3.90. The van der Waals surface area contributed by atoms with Gasteiger partial charge in [-0.2, -0.15) is 0 Å². The number of carbonyl (C=O) groups is 1. The summed E-state index contributed by atoms with van der Waals surface area (Å²) in [5.41, 5.74) is 2.49. The highest BCUT2D eigenvalue weighted by atomic mass is 16.5. The Hall–Kier alpha value is -2.53. The summed E-state index contributed by atoms with van der Waals surface area (Å²) in [6.07, 6.45) is 0. The van der Waals surface area contributed by atoms with Crippen LogP contribution in [0.3, 0.4) is 0 Å². The van der Waals surface area contributed by atoms with Gasteiger partial charge in [-0.05, 0) is 36.3 Å². The molecule has 26 heavy (non-hydrogen) atoms. The van der Waals surface area contributed by atoms with E-state index in [1.807, 2.05) is 12.1 Å². The molecular formula is C21H27NO4. The Morgan fingerprint density at radius 2 is 1.42 bits per heavy atom. The topological polar surface area (TPSA) is 48.0 Å². The fourth-order valence-corrected chi connectivity index (χ4v) is 2.72. The van der Waals surface area contributed by atoms with E-state index in [0.29, 0.717) is 17.1 Å². The first-order chi connectivity index (χ1) is 12.6. The van der Waals surface area contributed by atoms with Crippen LogP contribution < -0.4 is 9.47 Å². The Labute approximate surface area is 155 Å². The number of rotatable bonds is 9. The number of ether oxygens (including phenoxy) is 3. The van der Waals surface area contributed by atoms with Gasteiger partial charge in [-0.1, -0.05) is 44.2 Å². The molecule has 0 heterocycles. The third-order valence-corrected chi connectivity index (χ3v) is 4.33. The van der Waals surface area contributed by atoms with Gasteiger partial charge in [-0.3, -0.25) is 4.90 Å². The fraction of sp³-hybridized carbons (Fsp3) is 0.381. The average molecular weight is 357 g/mol. The number of methoxy groups -OCH3 is 2. The second-order valence-corrected chi connectivity index (χ2v) is 5.89. The van der Waals surface area contributed by atoms with Gasteiger partial charge < -0.3 is 14.2 Å². The van der Waals surface area contributed by atoms with E-state index in [4.69, 9.17) is 14.2 Å². The Bertz CT molecular complexity index is 686. The summed E-state index contributed by atoms with van der Waals surface area (Å²) in [6.45, 7) is 7.48. The standard InChI is InChI=1S/C21H27NO4/c1-5-22(6-2)14-16-10-12-17(13-11-16)15-26-21(23)20-18(24-3)8-7-9-19(20)25-4/h7-13H,5-6,14-15H2,1-4H3.